The van der Waals surface area contributed by atoms with E-state index in [1.54, 1.807) is 0 Å². The van der Waals surface area contributed by atoms with Crippen molar-refractivity contribution in [1.29, 1.82) is 0 Å². The molecule has 0 aliphatic carbocycles. The van der Waals surface area contributed by atoms with Gasteiger partial charge in [0, 0.05) is 12.2 Å². The van der Waals surface area contributed by atoms with Gasteiger partial charge in [-0.05, 0) is 25.1 Å². The number of carbonyl (C=O) groups excluding carboxylic acids is 1. The molecular formula is C11H16N2O5S. The summed E-state index contributed by atoms with van der Waals surface area (Å²) in [6.45, 7) is 1.26. The number of sulfonamides is 1. The fourth-order valence-electron chi connectivity index (χ4n) is 1.35. The third-order valence-corrected chi connectivity index (χ3v) is 3.73. The van der Waals surface area contributed by atoms with E-state index in [1.165, 1.54) is 19.1 Å². The number of methoxy groups -OCH3 is 1. The number of nitrogen functional groups attached to an aromatic ring is 1. The molecule has 0 amide bonds. The molecule has 1 aromatic rings. The lowest BCUT2D eigenvalue weighted by atomic mass is 10.2. The van der Waals surface area contributed by atoms with E-state index in [2.05, 4.69) is 9.46 Å². The molecular weight excluding hydrogens is 272 g/mol. The molecule has 0 fully saturated rings. The van der Waals surface area contributed by atoms with E-state index in [1.807, 2.05) is 0 Å². The molecule has 0 spiro atoms. The molecule has 1 rings (SSSR count). The zero-order valence-corrected chi connectivity index (χ0v) is 11.4. The van der Waals surface area contributed by atoms with Gasteiger partial charge in [-0.1, -0.05) is 0 Å². The lowest BCUT2D eigenvalue weighted by Crippen LogP contribution is -2.31. The van der Waals surface area contributed by atoms with Crippen LogP contribution in [0.2, 0.25) is 0 Å². The number of nitrogens with two attached hydrogens (primary N) is 1. The maximum Gasteiger partial charge on any atom is 0.339 e. The average molecular weight is 288 g/mol. The lowest BCUT2D eigenvalue weighted by Gasteiger charge is -2.12. The summed E-state index contributed by atoms with van der Waals surface area (Å²) in [6, 6.07) is 3.84. The van der Waals surface area contributed by atoms with Crippen molar-refractivity contribution in [2.75, 3.05) is 19.4 Å². The number of hydrogen-bond acceptors (Lipinski definition) is 6. The Bertz CT molecular complexity index is 568. The van der Waals surface area contributed by atoms with Crippen molar-refractivity contribution >= 4 is 21.7 Å². The van der Waals surface area contributed by atoms with Crippen molar-refractivity contribution < 1.29 is 23.1 Å². The topological polar surface area (TPSA) is 119 Å². The summed E-state index contributed by atoms with van der Waals surface area (Å²) in [4.78, 5) is 11.2. The van der Waals surface area contributed by atoms with E-state index < -0.39 is 22.1 Å². The number of hydrogen-bond donors (Lipinski definition) is 3. The van der Waals surface area contributed by atoms with E-state index in [9.17, 15) is 13.2 Å². The molecule has 0 radical (unpaired) electrons. The standard InChI is InChI=1S/C11H16N2O5S/c1-7(14)6-13-19(16,17)10-5-8(12)3-4-9(10)11(15)18-2/h3-5,7,13-14H,6,12H2,1-2H3/t7-/m1/s1. The second kappa shape index (κ2) is 6.00. The number of ether oxygens (including phenoxy) is 1. The first-order chi connectivity index (χ1) is 8.77. The van der Waals surface area contributed by atoms with Crippen molar-refractivity contribution in [2.24, 2.45) is 0 Å². The van der Waals surface area contributed by atoms with E-state index in [-0.39, 0.29) is 22.7 Å². The minimum Gasteiger partial charge on any atom is -0.465 e. The molecule has 0 aliphatic heterocycles. The second-order valence-corrected chi connectivity index (χ2v) is 5.68. The number of rotatable bonds is 5. The maximum absolute atomic E-state index is 12.0. The molecule has 0 saturated carbocycles. The van der Waals surface area contributed by atoms with Gasteiger partial charge >= 0.3 is 5.97 Å². The van der Waals surface area contributed by atoms with Crippen LogP contribution in [0.15, 0.2) is 23.1 Å². The molecule has 0 heterocycles. The van der Waals surface area contributed by atoms with Crippen LogP contribution >= 0.6 is 0 Å². The van der Waals surface area contributed by atoms with E-state index in [4.69, 9.17) is 10.8 Å². The third kappa shape index (κ3) is 3.91. The van der Waals surface area contributed by atoms with Crippen molar-refractivity contribution in [1.82, 2.24) is 4.72 Å². The summed E-state index contributed by atoms with van der Waals surface area (Å²) in [7, 11) is -2.80. The first kappa shape index (κ1) is 15.4. The Kier molecular flexibility index (Phi) is 4.87. The van der Waals surface area contributed by atoms with Crippen LogP contribution in [-0.4, -0.2) is 39.3 Å². The molecule has 0 saturated heterocycles. The van der Waals surface area contributed by atoms with Crippen LogP contribution in [0, 0.1) is 0 Å². The van der Waals surface area contributed by atoms with E-state index >= 15 is 0 Å². The molecule has 1 atom stereocenters. The number of anilines is 1. The first-order valence-corrected chi connectivity index (χ1v) is 6.92. The van der Waals surface area contributed by atoms with Crippen LogP contribution in [0.5, 0.6) is 0 Å². The zero-order valence-electron chi connectivity index (χ0n) is 10.6. The van der Waals surface area contributed by atoms with Crippen molar-refractivity contribution in [3.63, 3.8) is 0 Å². The minimum atomic E-state index is -3.95. The van der Waals surface area contributed by atoms with Crippen LogP contribution in [0.25, 0.3) is 0 Å². The van der Waals surface area contributed by atoms with Gasteiger partial charge in [-0.3, -0.25) is 0 Å². The Hall–Kier alpha value is -1.64. The average Bonchev–Trinajstić information content (AvgIpc) is 2.35. The Balaban J connectivity index is 3.24. The van der Waals surface area contributed by atoms with Crippen LogP contribution in [0.3, 0.4) is 0 Å². The summed E-state index contributed by atoms with van der Waals surface area (Å²) < 4.78 is 30.8. The van der Waals surface area contributed by atoms with Gasteiger partial charge in [0.15, 0.2) is 0 Å². The normalized spacial score (nSPS) is 13.0. The summed E-state index contributed by atoms with van der Waals surface area (Å²) in [5, 5.41) is 9.10. The van der Waals surface area contributed by atoms with Crippen LogP contribution in [0.4, 0.5) is 5.69 Å². The molecule has 106 valence electrons. The van der Waals surface area contributed by atoms with Crippen LogP contribution in [0.1, 0.15) is 17.3 Å². The number of carbonyl (C=O) groups is 1. The van der Waals surface area contributed by atoms with Crippen LogP contribution in [-0.2, 0) is 14.8 Å². The van der Waals surface area contributed by atoms with Gasteiger partial charge < -0.3 is 15.6 Å². The summed E-state index contributed by atoms with van der Waals surface area (Å²) in [5.41, 5.74) is 5.61. The van der Waals surface area contributed by atoms with Gasteiger partial charge in [-0.2, -0.15) is 0 Å². The summed E-state index contributed by atoms with van der Waals surface area (Å²) >= 11 is 0. The quantitative estimate of drug-likeness (QED) is 0.506. The molecule has 0 aromatic heterocycles. The Morgan fingerprint density at radius 1 is 1.53 bits per heavy atom. The monoisotopic (exact) mass is 288 g/mol. The Morgan fingerprint density at radius 2 is 2.16 bits per heavy atom. The Morgan fingerprint density at radius 3 is 2.68 bits per heavy atom. The molecule has 1 aromatic carbocycles. The number of aliphatic hydroxyl groups is 1. The van der Waals surface area contributed by atoms with Crippen molar-refractivity contribution in [3.8, 4) is 0 Å². The van der Waals surface area contributed by atoms with Crippen molar-refractivity contribution in [2.45, 2.75) is 17.9 Å². The highest BCUT2D eigenvalue weighted by Gasteiger charge is 2.23. The molecule has 7 nitrogen and oxygen atoms in total. The van der Waals surface area contributed by atoms with Gasteiger partial charge in [-0.25, -0.2) is 17.9 Å². The predicted octanol–water partition coefficient (Wildman–Crippen LogP) is -0.286. The second-order valence-electron chi connectivity index (χ2n) is 3.95. The number of nitrogens with one attached hydrogen (secondary N) is 1. The molecule has 8 heteroatoms. The summed E-state index contributed by atoms with van der Waals surface area (Å²) in [6.07, 6.45) is -0.850. The van der Waals surface area contributed by atoms with Gasteiger partial charge in [0.25, 0.3) is 0 Å². The number of benzene rings is 1. The molecule has 0 unspecified atom stereocenters. The predicted molar refractivity (Wildman–Crippen MR) is 69.1 cm³/mol. The SMILES string of the molecule is COC(=O)c1ccc(N)cc1S(=O)(=O)NC[C@@H](C)O. The lowest BCUT2D eigenvalue weighted by molar-refractivity contribution is 0.0596. The van der Waals surface area contributed by atoms with E-state index in [0.29, 0.717) is 0 Å². The molecule has 0 bridgehead atoms. The Labute approximate surface area is 111 Å². The highest BCUT2D eigenvalue weighted by atomic mass is 32.2. The van der Waals surface area contributed by atoms with Gasteiger partial charge in [0.05, 0.1) is 23.7 Å². The highest BCUT2D eigenvalue weighted by molar-refractivity contribution is 7.89. The molecule has 0 aliphatic rings. The largest absolute Gasteiger partial charge is 0.465 e. The van der Waals surface area contributed by atoms with Crippen molar-refractivity contribution in [3.05, 3.63) is 23.8 Å². The number of aliphatic hydroxyl groups excluding tert-OH is 1. The fourth-order valence-corrected chi connectivity index (χ4v) is 2.70. The maximum atomic E-state index is 12.0. The van der Waals surface area contributed by atoms with Gasteiger partial charge in [0.2, 0.25) is 10.0 Å². The minimum absolute atomic E-state index is 0.116. The van der Waals surface area contributed by atoms with E-state index in [0.717, 1.165) is 13.2 Å². The van der Waals surface area contributed by atoms with Gasteiger partial charge in [0.1, 0.15) is 0 Å². The molecule has 4 N–H and O–H groups in total. The fraction of sp³-hybridized carbons (Fsp3) is 0.364. The smallest absolute Gasteiger partial charge is 0.339 e. The third-order valence-electron chi connectivity index (χ3n) is 2.27. The summed E-state index contributed by atoms with van der Waals surface area (Å²) in [5.74, 6) is -0.780. The first-order valence-electron chi connectivity index (χ1n) is 5.43. The number of esters is 1. The molecule has 19 heavy (non-hydrogen) atoms. The van der Waals surface area contributed by atoms with Crippen LogP contribution < -0.4 is 10.5 Å². The van der Waals surface area contributed by atoms with Gasteiger partial charge in [-0.15, -0.1) is 0 Å². The zero-order chi connectivity index (χ0) is 14.6. The highest BCUT2D eigenvalue weighted by Crippen LogP contribution is 2.19.